The molecule has 5 nitrogen and oxygen atoms in total. The van der Waals surface area contributed by atoms with Gasteiger partial charge >= 0.3 is 0 Å². The number of morpholine rings is 1. The highest BCUT2D eigenvalue weighted by molar-refractivity contribution is 6.31. The molecular formula is C11H10ClFN2O3. The number of hydrogen-bond acceptors (Lipinski definition) is 3. The first-order valence-corrected chi connectivity index (χ1v) is 5.57. The van der Waals surface area contributed by atoms with Gasteiger partial charge in [-0.05, 0) is 18.2 Å². The summed E-state index contributed by atoms with van der Waals surface area (Å²) in [6.07, 6.45) is 0. The molecule has 1 unspecified atom stereocenters. The van der Waals surface area contributed by atoms with E-state index < -0.39 is 17.8 Å². The number of carbonyl (C=O) groups excluding carboxylic acids is 2. The third-order valence-corrected chi connectivity index (χ3v) is 2.65. The Balaban J connectivity index is 2.02. The fourth-order valence-corrected chi connectivity index (χ4v) is 1.67. The van der Waals surface area contributed by atoms with Gasteiger partial charge in [0.25, 0.3) is 0 Å². The van der Waals surface area contributed by atoms with Crippen molar-refractivity contribution in [2.75, 3.05) is 18.5 Å². The Morgan fingerprint density at radius 1 is 1.56 bits per heavy atom. The predicted molar refractivity (Wildman–Crippen MR) is 62.8 cm³/mol. The van der Waals surface area contributed by atoms with Gasteiger partial charge in [-0.25, -0.2) is 4.39 Å². The Kier molecular flexibility index (Phi) is 3.78. The highest BCUT2D eigenvalue weighted by Crippen LogP contribution is 2.19. The monoisotopic (exact) mass is 272 g/mol. The average molecular weight is 273 g/mol. The molecule has 1 heterocycles. The van der Waals surface area contributed by atoms with E-state index in [0.717, 1.165) is 6.07 Å². The van der Waals surface area contributed by atoms with Crippen molar-refractivity contribution < 1.29 is 18.7 Å². The zero-order valence-electron chi connectivity index (χ0n) is 9.20. The van der Waals surface area contributed by atoms with E-state index in [1.165, 1.54) is 12.1 Å². The topological polar surface area (TPSA) is 67.4 Å². The zero-order valence-corrected chi connectivity index (χ0v) is 9.96. The zero-order chi connectivity index (χ0) is 13.1. The van der Waals surface area contributed by atoms with Gasteiger partial charge in [0.05, 0.1) is 11.6 Å². The summed E-state index contributed by atoms with van der Waals surface area (Å²) in [5, 5.41) is 4.91. The van der Waals surface area contributed by atoms with Gasteiger partial charge in [0.2, 0.25) is 11.8 Å². The van der Waals surface area contributed by atoms with Gasteiger partial charge in [-0.3, -0.25) is 9.59 Å². The number of nitrogens with one attached hydrogen (secondary N) is 2. The van der Waals surface area contributed by atoms with Gasteiger partial charge in [0.15, 0.2) is 0 Å². The van der Waals surface area contributed by atoms with E-state index in [1.54, 1.807) is 0 Å². The molecule has 1 aromatic carbocycles. The number of hydrogen-bond donors (Lipinski definition) is 2. The quantitative estimate of drug-likeness (QED) is 0.842. The Morgan fingerprint density at radius 2 is 2.33 bits per heavy atom. The summed E-state index contributed by atoms with van der Waals surface area (Å²) in [6.45, 7) is 0.0542. The van der Waals surface area contributed by atoms with Crippen molar-refractivity contribution in [3.8, 4) is 0 Å². The number of benzene rings is 1. The lowest BCUT2D eigenvalue weighted by molar-refractivity contribution is -0.136. The number of rotatable bonds is 2. The fraction of sp³-hybridized carbons (Fsp3) is 0.273. The summed E-state index contributed by atoms with van der Waals surface area (Å²) in [5.74, 6) is -1.35. The molecule has 1 aliphatic heterocycles. The molecule has 18 heavy (non-hydrogen) atoms. The molecule has 1 aliphatic rings. The summed E-state index contributed by atoms with van der Waals surface area (Å²) in [7, 11) is 0. The Labute approximate surface area is 107 Å². The van der Waals surface area contributed by atoms with Crippen LogP contribution >= 0.6 is 11.6 Å². The SMILES string of the molecule is O=C1COCC(C(=O)Nc2ccc(F)c(Cl)c2)N1. The minimum Gasteiger partial charge on any atom is -0.369 e. The van der Waals surface area contributed by atoms with Crippen LogP contribution in [-0.2, 0) is 14.3 Å². The molecule has 1 atom stereocenters. The van der Waals surface area contributed by atoms with Gasteiger partial charge < -0.3 is 15.4 Å². The molecule has 0 saturated carbocycles. The summed E-state index contributed by atoms with van der Waals surface area (Å²) in [6, 6.07) is 3.06. The third-order valence-electron chi connectivity index (χ3n) is 2.36. The van der Waals surface area contributed by atoms with Crippen LogP contribution < -0.4 is 10.6 Å². The van der Waals surface area contributed by atoms with Gasteiger partial charge in [0.1, 0.15) is 18.5 Å². The van der Waals surface area contributed by atoms with Gasteiger partial charge in [-0.15, -0.1) is 0 Å². The van der Waals surface area contributed by atoms with Crippen LogP contribution in [0.15, 0.2) is 18.2 Å². The second-order valence-electron chi connectivity index (χ2n) is 3.75. The van der Waals surface area contributed by atoms with E-state index in [9.17, 15) is 14.0 Å². The van der Waals surface area contributed by atoms with E-state index in [0.29, 0.717) is 5.69 Å². The fourth-order valence-electron chi connectivity index (χ4n) is 1.49. The molecule has 7 heteroatoms. The number of ether oxygens (including phenoxy) is 1. The van der Waals surface area contributed by atoms with E-state index in [2.05, 4.69) is 10.6 Å². The summed E-state index contributed by atoms with van der Waals surface area (Å²) in [5.41, 5.74) is 0.353. The van der Waals surface area contributed by atoms with Crippen LogP contribution in [0.4, 0.5) is 10.1 Å². The van der Waals surface area contributed by atoms with Crippen LogP contribution in [0.5, 0.6) is 0 Å². The molecule has 0 bridgehead atoms. The van der Waals surface area contributed by atoms with Crippen LogP contribution in [0.1, 0.15) is 0 Å². The number of amides is 2. The number of anilines is 1. The van der Waals surface area contributed by atoms with Crippen LogP contribution in [0.2, 0.25) is 5.02 Å². The summed E-state index contributed by atoms with van der Waals surface area (Å²) in [4.78, 5) is 22.8. The second-order valence-corrected chi connectivity index (χ2v) is 4.16. The smallest absolute Gasteiger partial charge is 0.249 e. The van der Waals surface area contributed by atoms with E-state index >= 15 is 0 Å². The van der Waals surface area contributed by atoms with Crippen LogP contribution in [0, 0.1) is 5.82 Å². The van der Waals surface area contributed by atoms with E-state index in [4.69, 9.17) is 16.3 Å². The molecule has 1 fully saturated rings. The molecule has 0 radical (unpaired) electrons. The maximum absolute atomic E-state index is 12.9. The minimum atomic E-state index is -0.755. The predicted octanol–water partition coefficient (Wildman–Crippen LogP) is 0.933. The summed E-state index contributed by atoms with van der Waals surface area (Å²) < 4.78 is 17.9. The molecule has 2 N–H and O–H groups in total. The molecule has 96 valence electrons. The highest BCUT2D eigenvalue weighted by atomic mass is 35.5. The van der Waals surface area contributed by atoms with Crippen molar-refractivity contribution in [2.24, 2.45) is 0 Å². The normalized spacial score (nSPS) is 19.2. The van der Waals surface area contributed by atoms with Gasteiger partial charge in [-0.1, -0.05) is 11.6 Å². The lowest BCUT2D eigenvalue weighted by Crippen LogP contribution is -2.51. The van der Waals surface area contributed by atoms with Gasteiger partial charge in [-0.2, -0.15) is 0 Å². The molecular weight excluding hydrogens is 263 g/mol. The van der Waals surface area contributed by atoms with Crippen molar-refractivity contribution >= 4 is 29.1 Å². The van der Waals surface area contributed by atoms with Crippen LogP contribution in [0.25, 0.3) is 0 Å². The molecule has 2 rings (SSSR count). The highest BCUT2D eigenvalue weighted by Gasteiger charge is 2.25. The van der Waals surface area contributed by atoms with E-state index in [-0.39, 0.29) is 24.1 Å². The molecule has 0 aliphatic carbocycles. The van der Waals surface area contributed by atoms with Crippen LogP contribution in [-0.4, -0.2) is 31.1 Å². The Bertz CT molecular complexity index is 495. The largest absolute Gasteiger partial charge is 0.369 e. The molecule has 1 aromatic rings. The molecule has 0 spiro atoms. The standard InChI is InChI=1S/C11H10ClFN2O3/c12-7-3-6(1-2-8(7)13)14-11(17)9-4-18-5-10(16)15-9/h1-3,9H,4-5H2,(H,14,17)(H,15,16). The van der Waals surface area contributed by atoms with Crippen molar-refractivity contribution in [3.63, 3.8) is 0 Å². The van der Waals surface area contributed by atoms with Gasteiger partial charge in [0, 0.05) is 5.69 Å². The van der Waals surface area contributed by atoms with Crippen LogP contribution in [0.3, 0.4) is 0 Å². The van der Waals surface area contributed by atoms with Crippen molar-refractivity contribution in [3.05, 3.63) is 29.0 Å². The molecule has 1 saturated heterocycles. The Morgan fingerprint density at radius 3 is 3.00 bits per heavy atom. The first-order valence-electron chi connectivity index (χ1n) is 5.19. The molecule has 2 amide bonds. The Hall–Kier alpha value is -1.66. The van der Waals surface area contributed by atoms with Crippen molar-refractivity contribution in [1.82, 2.24) is 5.32 Å². The second kappa shape index (κ2) is 5.32. The average Bonchev–Trinajstić information content (AvgIpc) is 2.34. The lowest BCUT2D eigenvalue weighted by atomic mass is 10.2. The first kappa shape index (κ1) is 12.8. The maximum atomic E-state index is 12.9. The molecule has 0 aromatic heterocycles. The van der Waals surface area contributed by atoms with Crippen molar-refractivity contribution in [2.45, 2.75) is 6.04 Å². The van der Waals surface area contributed by atoms with E-state index in [1.807, 2.05) is 0 Å². The number of halogens is 2. The third kappa shape index (κ3) is 2.96. The lowest BCUT2D eigenvalue weighted by Gasteiger charge is -2.22. The maximum Gasteiger partial charge on any atom is 0.249 e. The number of carbonyl (C=O) groups is 2. The minimum absolute atomic E-state index is 0.0494. The van der Waals surface area contributed by atoms with Crippen molar-refractivity contribution in [1.29, 1.82) is 0 Å². The summed E-state index contributed by atoms with van der Waals surface area (Å²) >= 11 is 5.59. The first-order chi connectivity index (χ1) is 8.56.